The third-order valence-electron chi connectivity index (χ3n) is 3.69. The number of aryl methyl sites for hydroxylation is 1. The monoisotopic (exact) mass is 379 g/mol. The summed E-state index contributed by atoms with van der Waals surface area (Å²) >= 11 is 14.0. The number of hydrogen-bond acceptors (Lipinski definition) is 3. The summed E-state index contributed by atoms with van der Waals surface area (Å²) in [6.07, 6.45) is 0. The van der Waals surface area contributed by atoms with Gasteiger partial charge in [0.2, 0.25) is 0 Å². The van der Waals surface area contributed by atoms with Gasteiger partial charge in [-0.3, -0.25) is 4.57 Å². The zero-order valence-corrected chi connectivity index (χ0v) is 15.5. The Kier molecular flexibility index (Phi) is 5.46. The predicted octanol–water partition coefficient (Wildman–Crippen LogP) is 3.92. The van der Waals surface area contributed by atoms with Crippen LogP contribution in [0.2, 0.25) is 10.0 Å². The van der Waals surface area contributed by atoms with Crippen LogP contribution in [0.3, 0.4) is 0 Å². The number of thioether (sulfide) groups is 1. The van der Waals surface area contributed by atoms with Crippen LogP contribution in [0.5, 0.6) is 0 Å². The van der Waals surface area contributed by atoms with E-state index in [0.29, 0.717) is 16.6 Å². The second-order valence-corrected chi connectivity index (χ2v) is 7.08. The molecule has 0 bridgehead atoms. The highest BCUT2D eigenvalue weighted by Gasteiger charge is 2.17. The minimum atomic E-state index is 0.525. The Hall–Kier alpha value is -1.53. The van der Waals surface area contributed by atoms with E-state index in [4.69, 9.17) is 23.2 Å². The van der Waals surface area contributed by atoms with Gasteiger partial charge < -0.3 is 5.73 Å². The van der Waals surface area contributed by atoms with Crippen molar-refractivity contribution in [1.82, 2.24) is 14.8 Å². The van der Waals surface area contributed by atoms with Crippen molar-refractivity contribution in [3.05, 3.63) is 69.5 Å². The standard InChI is InChI=1S/C17H16Cl2N4S/c1-11-4-2-3-5-12(11)10-24-17-22-21-16(9-20)23(17)15-7-6-13(18)8-14(15)19/h2-8H,9-10,20H2,1H3/p+1. The van der Waals surface area contributed by atoms with Crippen molar-refractivity contribution in [2.45, 2.75) is 24.4 Å². The van der Waals surface area contributed by atoms with Crippen molar-refractivity contribution in [2.75, 3.05) is 0 Å². The summed E-state index contributed by atoms with van der Waals surface area (Å²) in [7, 11) is 0. The molecule has 0 spiro atoms. The molecule has 0 amide bonds. The van der Waals surface area contributed by atoms with Gasteiger partial charge in [-0.25, -0.2) is 0 Å². The molecule has 0 aliphatic carbocycles. The van der Waals surface area contributed by atoms with Crippen LogP contribution in [0.15, 0.2) is 47.6 Å². The normalized spacial score (nSPS) is 11.0. The molecule has 0 aliphatic rings. The summed E-state index contributed by atoms with van der Waals surface area (Å²) in [6, 6.07) is 13.7. The van der Waals surface area contributed by atoms with Crippen LogP contribution in [-0.4, -0.2) is 14.8 Å². The van der Waals surface area contributed by atoms with E-state index in [1.165, 1.54) is 11.1 Å². The summed E-state index contributed by atoms with van der Waals surface area (Å²) in [5.41, 5.74) is 7.29. The fraction of sp³-hybridized carbons (Fsp3) is 0.176. The first-order chi connectivity index (χ1) is 11.6. The van der Waals surface area contributed by atoms with E-state index in [2.05, 4.69) is 35.0 Å². The van der Waals surface area contributed by atoms with E-state index < -0.39 is 0 Å². The third kappa shape index (κ3) is 3.59. The highest BCUT2D eigenvalue weighted by atomic mass is 35.5. The first kappa shape index (κ1) is 17.3. The topological polar surface area (TPSA) is 58.4 Å². The van der Waals surface area contributed by atoms with Crippen LogP contribution in [0.4, 0.5) is 0 Å². The summed E-state index contributed by atoms with van der Waals surface area (Å²) < 4.78 is 1.95. The number of quaternary nitrogens is 1. The first-order valence-corrected chi connectivity index (χ1v) is 9.20. The second-order valence-electron chi connectivity index (χ2n) is 5.30. The van der Waals surface area contributed by atoms with E-state index in [-0.39, 0.29) is 0 Å². The maximum absolute atomic E-state index is 6.37. The average Bonchev–Trinajstić information content (AvgIpc) is 2.97. The molecular formula is C17H17Cl2N4S+. The van der Waals surface area contributed by atoms with Crippen LogP contribution >= 0.6 is 35.0 Å². The fourth-order valence-electron chi connectivity index (χ4n) is 2.37. The molecule has 0 unspecified atom stereocenters. The molecule has 124 valence electrons. The van der Waals surface area contributed by atoms with Gasteiger partial charge in [0.1, 0.15) is 6.54 Å². The molecule has 3 aromatic rings. The maximum Gasteiger partial charge on any atom is 0.196 e. The minimum absolute atomic E-state index is 0.525. The first-order valence-electron chi connectivity index (χ1n) is 7.46. The SMILES string of the molecule is Cc1ccccc1CSc1nnc(C[NH3+])n1-c1ccc(Cl)cc1Cl. The lowest BCUT2D eigenvalue weighted by atomic mass is 10.1. The van der Waals surface area contributed by atoms with Crippen LogP contribution in [0.1, 0.15) is 17.0 Å². The summed E-state index contributed by atoms with van der Waals surface area (Å²) in [5.74, 6) is 1.58. The number of rotatable bonds is 5. The number of benzene rings is 2. The Morgan fingerprint density at radius 1 is 1.12 bits per heavy atom. The molecule has 7 heteroatoms. The van der Waals surface area contributed by atoms with Gasteiger partial charge in [-0.2, -0.15) is 0 Å². The highest BCUT2D eigenvalue weighted by Crippen LogP contribution is 2.30. The molecule has 0 radical (unpaired) electrons. The third-order valence-corrected chi connectivity index (χ3v) is 5.21. The van der Waals surface area contributed by atoms with E-state index in [0.717, 1.165) is 22.4 Å². The minimum Gasteiger partial charge on any atom is -0.351 e. The molecule has 1 heterocycles. The van der Waals surface area contributed by atoms with Crippen molar-refractivity contribution in [2.24, 2.45) is 0 Å². The summed E-state index contributed by atoms with van der Waals surface area (Å²) in [6.45, 7) is 2.63. The summed E-state index contributed by atoms with van der Waals surface area (Å²) in [5, 5.41) is 10.5. The fourth-order valence-corrected chi connectivity index (χ4v) is 3.91. The summed E-state index contributed by atoms with van der Waals surface area (Å²) in [4.78, 5) is 0. The van der Waals surface area contributed by atoms with Gasteiger partial charge in [0, 0.05) is 10.8 Å². The molecule has 3 rings (SSSR count). The zero-order valence-electron chi connectivity index (χ0n) is 13.2. The van der Waals surface area contributed by atoms with E-state index in [9.17, 15) is 0 Å². The zero-order chi connectivity index (χ0) is 17.1. The Bertz CT molecular complexity index is 864. The molecule has 0 atom stereocenters. The molecule has 24 heavy (non-hydrogen) atoms. The maximum atomic E-state index is 6.37. The van der Waals surface area contributed by atoms with Crippen molar-refractivity contribution in [3.63, 3.8) is 0 Å². The molecular weight excluding hydrogens is 363 g/mol. The molecule has 4 nitrogen and oxygen atoms in total. The van der Waals surface area contributed by atoms with Gasteiger partial charge in [0.15, 0.2) is 11.0 Å². The van der Waals surface area contributed by atoms with Crippen molar-refractivity contribution >= 4 is 35.0 Å². The number of aromatic nitrogens is 3. The average molecular weight is 380 g/mol. The van der Waals surface area contributed by atoms with Crippen LogP contribution in [0.25, 0.3) is 5.69 Å². The van der Waals surface area contributed by atoms with Crippen molar-refractivity contribution in [1.29, 1.82) is 0 Å². The van der Waals surface area contributed by atoms with Gasteiger partial charge in [-0.05, 0) is 36.2 Å². The van der Waals surface area contributed by atoms with E-state index in [1.54, 1.807) is 17.8 Å². The molecule has 3 N–H and O–H groups in total. The Morgan fingerprint density at radius 2 is 1.92 bits per heavy atom. The Morgan fingerprint density at radius 3 is 2.62 bits per heavy atom. The molecule has 0 aliphatic heterocycles. The lowest BCUT2D eigenvalue weighted by molar-refractivity contribution is -0.388. The number of halogens is 2. The van der Waals surface area contributed by atoms with Crippen molar-refractivity contribution in [3.8, 4) is 5.69 Å². The van der Waals surface area contributed by atoms with Crippen LogP contribution < -0.4 is 5.73 Å². The van der Waals surface area contributed by atoms with Gasteiger partial charge in [-0.15, -0.1) is 10.2 Å². The molecule has 2 aromatic carbocycles. The van der Waals surface area contributed by atoms with E-state index in [1.807, 2.05) is 28.8 Å². The molecule has 0 saturated heterocycles. The number of nitrogens with zero attached hydrogens (tertiary/aromatic N) is 3. The van der Waals surface area contributed by atoms with Crippen LogP contribution in [0, 0.1) is 6.92 Å². The predicted molar refractivity (Wildman–Crippen MR) is 98.7 cm³/mol. The Labute approximate surface area is 155 Å². The van der Waals surface area contributed by atoms with Gasteiger partial charge in [0.25, 0.3) is 0 Å². The second kappa shape index (κ2) is 7.57. The van der Waals surface area contributed by atoms with Crippen LogP contribution in [-0.2, 0) is 12.3 Å². The largest absolute Gasteiger partial charge is 0.351 e. The van der Waals surface area contributed by atoms with Gasteiger partial charge in [0.05, 0.1) is 10.7 Å². The molecule has 0 saturated carbocycles. The molecule has 1 aromatic heterocycles. The lowest BCUT2D eigenvalue weighted by Crippen LogP contribution is -2.48. The smallest absolute Gasteiger partial charge is 0.196 e. The van der Waals surface area contributed by atoms with Gasteiger partial charge >= 0.3 is 0 Å². The highest BCUT2D eigenvalue weighted by molar-refractivity contribution is 7.98. The van der Waals surface area contributed by atoms with Gasteiger partial charge in [-0.1, -0.05) is 59.2 Å². The number of hydrogen-bond donors (Lipinski definition) is 1. The lowest BCUT2D eigenvalue weighted by Gasteiger charge is -2.11. The Balaban J connectivity index is 1.95. The van der Waals surface area contributed by atoms with Crippen molar-refractivity contribution < 1.29 is 5.73 Å². The quantitative estimate of drug-likeness (QED) is 0.683. The molecule has 0 fully saturated rings. The van der Waals surface area contributed by atoms with E-state index >= 15 is 0 Å².